The van der Waals surface area contributed by atoms with Crippen LogP contribution in [0.1, 0.15) is 24.3 Å². The Morgan fingerprint density at radius 3 is 2.47 bits per heavy atom. The minimum absolute atomic E-state index is 0.0989. The van der Waals surface area contributed by atoms with Gasteiger partial charge in [-0.05, 0) is 11.5 Å². The predicted molar refractivity (Wildman–Crippen MR) is 54.2 cm³/mol. The number of Topliss-reactive ketones (excluding diaryl/α,β-unsaturated/α-hetero) is 1. The number of hydrogen-bond donors (Lipinski definition) is 1. The molecule has 1 aromatic carbocycles. The van der Waals surface area contributed by atoms with Gasteiger partial charge in [0.1, 0.15) is 5.76 Å². The lowest BCUT2D eigenvalue weighted by Gasteiger charge is -2.20. The lowest BCUT2D eigenvalue weighted by atomic mass is 9.86. The summed E-state index contributed by atoms with van der Waals surface area (Å²) in [5, 5.41) is 9.26. The van der Waals surface area contributed by atoms with Crippen LogP contribution in [0.3, 0.4) is 0 Å². The van der Waals surface area contributed by atoms with E-state index in [0.717, 1.165) is 5.56 Å². The summed E-state index contributed by atoms with van der Waals surface area (Å²) in [6.45, 7) is 0. The molecule has 1 N–H and O–H groups in total. The average molecular weight is 206 g/mol. The van der Waals surface area contributed by atoms with Crippen LogP contribution < -0.4 is 0 Å². The van der Waals surface area contributed by atoms with Crippen LogP contribution >= 0.6 is 0 Å². The minimum Gasteiger partial charge on any atom is -0.509 e. The van der Waals surface area contributed by atoms with E-state index in [-0.39, 0.29) is 18.8 Å². The quantitative estimate of drug-likeness (QED) is 0.767. The number of ketones is 1. The van der Waals surface area contributed by atoms with Crippen molar-refractivity contribution in [2.24, 2.45) is 0 Å². The molecule has 1 atom stereocenters. The molecule has 0 fully saturated rings. The number of allylic oxidation sites excluding steroid dienone is 2. The Balaban J connectivity index is 2.26. The predicted octanol–water partition coefficient (Wildman–Crippen LogP) is 2.87. The molecule has 0 radical (unpaired) electrons. The third kappa shape index (κ3) is 1.91. The zero-order valence-corrected chi connectivity index (χ0v) is 8.11. The second-order valence-corrected chi connectivity index (χ2v) is 3.70. The molecule has 0 bridgehead atoms. The molecule has 2 nitrogen and oxygen atoms in total. The molecule has 2 rings (SSSR count). The van der Waals surface area contributed by atoms with Crippen molar-refractivity contribution in [3.8, 4) is 0 Å². The van der Waals surface area contributed by atoms with Crippen molar-refractivity contribution in [1.82, 2.24) is 0 Å². The molecule has 1 aliphatic rings. The van der Waals surface area contributed by atoms with Crippen LogP contribution in [0.15, 0.2) is 41.9 Å². The number of rotatable bonds is 1. The average Bonchev–Trinajstić information content (AvgIpc) is 2.26. The van der Waals surface area contributed by atoms with Gasteiger partial charge in [0, 0.05) is 12.8 Å². The van der Waals surface area contributed by atoms with E-state index in [1.54, 1.807) is 0 Å². The summed E-state index contributed by atoms with van der Waals surface area (Å²) in [6, 6.07) is 9.38. The fraction of sp³-hybridized carbons (Fsp3) is 0.250. The molecule has 0 heterocycles. The number of benzene rings is 1. The first-order valence-electron chi connectivity index (χ1n) is 4.84. The van der Waals surface area contributed by atoms with Crippen molar-refractivity contribution >= 4 is 5.78 Å². The van der Waals surface area contributed by atoms with Gasteiger partial charge in [0.2, 0.25) is 5.83 Å². The number of aliphatic hydroxyl groups is 1. The summed E-state index contributed by atoms with van der Waals surface area (Å²) in [6.07, 6.45) is 0.349. The minimum atomic E-state index is -0.970. The molecule has 0 saturated carbocycles. The Labute approximate surface area is 87.0 Å². The molecule has 0 amide bonds. The normalized spacial score (nSPS) is 21.9. The van der Waals surface area contributed by atoms with E-state index in [1.165, 1.54) is 0 Å². The monoisotopic (exact) mass is 206 g/mol. The van der Waals surface area contributed by atoms with E-state index >= 15 is 0 Å². The third-order valence-electron chi connectivity index (χ3n) is 2.64. The molecular weight excluding hydrogens is 195 g/mol. The van der Waals surface area contributed by atoms with Crippen molar-refractivity contribution in [2.75, 3.05) is 0 Å². The van der Waals surface area contributed by atoms with E-state index in [2.05, 4.69) is 0 Å². The molecule has 15 heavy (non-hydrogen) atoms. The van der Waals surface area contributed by atoms with Gasteiger partial charge in [-0.3, -0.25) is 4.79 Å². The molecule has 0 saturated heterocycles. The zero-order valence-electron chi connectivity index (χ0n) is 8.11. The lowest BCUT2D eigenvalue weighted by molar-refractivity contribution is -0.118. The zero-order chi connectivity index (χ0) is 10.8. The molecule has 3 heteroatoms. The molecule has 78 valence electrons. The summed E-state index contributed by atoms with van der Waals surface area (Å²) in [5.74, 6) is -2.09. The number of hydrogen-bond acceptors (Lipinski definition) is 2. The smallest absolute Gasteiger partial charge is 0.203 e. The molecule has 1 unspecified atom stereocenters. The maximum Gasteiger partial charge on any atom is 0.203 e. The Kier molecular flexibility index (Phi) is 2.54. The van der Waals surface area contributed by atoms with Gasteiger partial charge in [-0.1, -0.05) is 30.3 Å². The first-order valence-corrected chi connectivity index (χ1v) is 4.84. The topological polar surface area (TPSA) is 37.3 Å². The van der Waals surface area contributed by atoms with Gasteiger partial charge in [0.05, 0.1) is 0 Å². The van der Waals surface area contributed by atoms with Gasteiger partial charge in [0.25, 0.3) is 0 Å². The maximum absolute atomic E-state index is 12.9. The van der Waals surface area contributed by atoms with Crippen molar-refractivity contribution in [3.63, 3.8) is 0 Å². The number of aliphatic hydroxyl groups excluding tert-OH is 1. The highest BCUT2D eigenvalue weighted by Gasteiger charge is 2.28. The Morgan fingerprint density at radius 2 is 1.87 bits per heavy atom. The fourth-order valence-electron chi connectivity index (χ4n) is 1.83. The molecule has 0 spiro atoms. The van der Waals surface area contributed by atoms with Gasteiger partial charge < -0.3 is 5.11 Å². The van der Waals surface area contributed by atoms with Crippen LogP contribution in [-0.2, 0) is 4.79 Å². The Morgan fingerprint density at radius 1 is 1.20 bits per heavy atom. The van der Waals surface area contributed by atoms with Gasteiger partial charge >= 0.3 is 0 Å². The van der Waals surface area contributed by atoms with Gasteiger partial charge in [-0.15, -0.1) is 0 Å². The van der Waals surface area contributed by atoms with Crippen LogP contribution in [0.5, 0.6) is 0 Å². The molecular formula is C12H11FO2. The summed E-state index contributed by atoms with van der Waals surface area (Å²) in [5.41, 5.74) is 0.963. The largest absolute Gasteiger partial charge is 0.509 e. The first kappa shape index (κ1) is 9.90. The van der Waals surface area contributed by atoms with Crippen molar-refractivity contribution in [1.29, 1.82) is 0 Å². The number of carbonyl (C=O) groups is 1. The van der Waals surface area contributed by atoms with Crippen molar-refractivity contribution in [2.45, 2.75) is 18.8 Å². The van der Waals surface area contributed by atoms with Crippen LogP contribution in [-0.4, -0.2) is 10.9 Å². The summed E-state index contributed by atoms with van der Waals surface area (Å²) >= 11 is 0. The summed E-state index contributed by atoms with van der Waals surface area (Å²) < 4.78 is 12.9. The Hall–Kier alpha value is -1.64. The van der Waals surface area contributed by atoms with E-state index < -0.39 is 17.4 Å². The highest BCUT2D eigenvalue weighted by atomic mass is 19.1. The van der Waals surface area contributed by atoms with Crippen LogP contribution in [0.2, 0.25) is 0 Å². The molecule has 0 aromatic heterocycles. The highest BCUT2D eigenvalue weighted by molar-refractivity contribution is 5.95. The summed E-state index contributed by atoms with van der Waals surface area (Å²) in [4.78, 5) is 11.2. The second-order valence-electron chi connectivity index (χ2n) is 3.70. The van der Waals surface area contributed by atoms with E-state index in [1.807, 2.05) is 30.3 Å². The number of halogens is 1. The van der Waals surface area contributed by atoms with E-state index in [4.69, 9.17) is 0 Å². The van der Waals surface area contributed by atoms with Crippen molar-refractivity contribution < 1.29 is 14.3 Å². The molecule has 1 aliphatic carbocycles. The van der Waals surface area contributed by atoms with E-state index in [0.29, 0.717) is 0 Å². The van der Waals surface area contributed by atoms with Gasteiger partial charge in [-0.25, -0.2) is 0 Å². The maximum atomic E-state index is 12.9. The summed E-state index contributed by atoms with van der Waals surface area (Å²) in [7, 11) is 0. The molecule has 0 aliphatic heterocycles. The van der Waals surface area contributed by atoms with Gasteiger partial charge in [-0.2, -0.15) is 4.39 Å². The fourth-order valence-corrected chi connectivity index (χ4v) is 1.83. The Bertz CT molecular complexity index is 409. The van der Waals surface area contributed by atoms with Crippen LogP contribution in [0.25, 0.3) is 0 Å². The van der Waals surface area contributed by atoms with Crippen molar-refractivity contribution in [3.05, 3.63) is 47.5 Å². The lowest BCUT2D eigenvalue weighted by Crippen LogP contribution is -2.16. The van der Waals surface area contributed by atoms with E-state index in [9.17, 15) is 14.3 Å². The van der Waals surface area contributed by atoms with Crippen LogP contribution in [0, 0.1) is 0 Å². The molecule has 1 aromatic rings. The SMILES string of the molecule is O=C1CC(c2ccccc2)CC(O)=C1F. The van der Waals surface area contributed by atoms with Crippen LogP contribution in [0.4, 0.5) is 4.39 Å². The first-order chi connectivity index (χ1) is 7.18. The third-order valence-corrected chi connectivity index (χ3v) is 2.64. The second kappa shape index (κ2) is 3.85. The van der Waals surface area contributed by atoms with Gasteiger partial charge in [0.15, 0.2) is 5.78 Å². The highest BCUT2D eigenvalue weighted by Crippen LogP contribution is 2.33. The number of carbonyl (C=O) groups excluding carboxylic acids is 1. The standard InChI is InChI=1S/C12H11FO2/c13-12-10(14)6-9(7-11(12)15)8-4-2-1-3-5-8/h1-5,9,14H,6-7H2.